The van der Waals surface area contributed by atoms with E-state index in [1.165, 1.54) is 6.08 Å². The molecule has 22 heavy (non-hydrogen) atoms. The van der Waals surface area contributed by atoms with E-state index < -0.39 is 0 Å². The first-order chi connectivity index (χ1) is 10.6. The summed E-state index contributed by atoms with van der Waals surface area (Å²) in [5.41, 5.74) is 1.80. The van der Waals surface area contributed by atoms with Crippen molar-refractivity contribution in [1.82, 2.24) is 5.32 Å². The molecule has 0 aromatic heterocycles. The van der Waals surface area contributed by atoms with E-state index in [4.69, 9.17) is 11.6 Å². The number of rotatable bonds is 4. The van der Waals surface area contributed by atoms with Crippen molar-refractivity contribution in [1.29, 1.82) is 0 Å². The lowest BCUT2D eigenvalue weighted by Gasteiger charge is -2.05. The van der Waals surface area contributed by atoms with Gasteiger partial charge in [-0.15, -0.1) is 0 Å². The largest absolute Gasteiger partial charge is 0.355 e. The number of anilines is 1. The fourth-order valence-corrected chi connectivity index (χ4v) is 2.04. The summed E-state index contributed by atoms with van der Waals surface area (Å²) in [4.78, 5) is 23.5. The predicted octanol–water partition coefficient (Wildman–Crippen LogP) is 3.35. The molecule has 112 valence electrons. The second-order valence-electron chi connectivity index (χ2n) is 4.50. The minimum absolute atomic E-state index is 0.206. The number of hydrogen-bond acceptors (Lipinski definition) is 2. The Morgan fingerprint density at radius 2 is 1.86 bits per heavy atom. The van der Waals surface area contributed by atoms with E-state index in [0.29, 0.717) is 16.3 Å². The Bertz CT molecular complexity index is 726. The molecule has 2 aromatic rings. The molecule has 0 aliphatic heterocycles. The summed E-state index contributed by atoms with van der Waals surface area (Å²) in [6.45, 7) is 0. The SMILES string of the molecule is CNC(=O)c1cccc(NC(=O)/C=C/c2ccccc2Cl)c1. The minimum atomic E-state index is -0.297. The summed E-state index contributed by atoms with van der Waals surface area (Å²) < 4.78 is 0. The quantitative estimate of drug-likeness (QED) is 0.850. The predicted molar refractivity (Wildman–Crippen MR) is 88.9 cm³/mol. The third-order valence-electron chi connectivity index (χ3n) is 2.94. The van der Waals surface area contributed by atoms with Crippen LogP contribution in [0.4, 0.5) is 5.69 Å². The first-order valence-corrected chi connectivity index (χ1v) is 7.03. The van der Waals surface area contributed by atoms with Crippen LogP contribution >= 0.6 is 11.6 Å². The van der Waals surface area contributed by atoms with Crippen LogP contribution in [0.1, 0.15) is 15.9 Å². The number of benzene rings is 2. The summed E-state index contributed by atoms with van der Waals surface area (Å²) in [5, 5.41) is 5.81. The normalized spacial score (nSPS) is 10.5. The Morgan fingerprint density at radius 1 is 1.09 bits per heavy atom. The zero-order valence-corrected chi connectivity index (χ0v) is 12.7. The van der Waals surface area contributed by atoms with Crippen molar-refractivity contribution in [2.75, 3.05) is 12.4 Å². The van der Waals surface area contributed by atoms with Crippen LogP contribution in [0.5, 0.6) is 0 Å². The molecular weight excluding hydrogens is 300 g/mol. The van der Waals surface area contributed by atoms with Crippen LogP contribution < -0.4 is 10.6 Å². The van der Waals surface area contributed by atoms with E-state index in [1.54, 1.807) is 43.5 Å². The van der Waals surface area contributed by atoms with Gasteiger partial charge < -0.3 is 10.6 Å². The highest BCUT2D eigenvalue weighted by Gasteiger charge is 2.05. The molecule has 0 unspecified atom stereocenters. The van der Waals surface area contributed by atoms with Crippen LogP contribution in [0.25, 0.3) is 6.08 Å². The zero-order chi connectivity index (χ0) is 15.9. The summed E-state index contributed by atoms with van der Waals surface area (Å²) in [7, 11) is 1.56. The number of hydrogen-bond donors (Lipinski definition) is 2. The van der Waals surface area contributed by atoms with Gasteiger partial charge >= 0.3 is 0 Å². The number of carbonyl (C=O) groups excluding carboxylic acids is 2. The molecule has 4 nitrogen and oxygen atoms in total. The van der Waals surface area contributed by atoms with Crippen LogP contribution in [0.3, 0.4) is 0 Å². The lowest BCUT2D eigenvalue weighted by Crippen LogP contribution is -2.18. The average Bonchev–Trinajstić information content (AvgIpc) is 2.53. The molecule has 0 saturated carbocycles. The van der Waals surface area contributed by atoms with E-state index in [0.717, 1.165) is 5.56 Å². The molecular formula is C17H15ClN2O2. The van der Waals surface area contributed by atoms with Gasteiger partial charge in [0.2, 0.25) is 5.91 Å². The summed E-state index contributed by atoms with van der Waals surface area (Å²) in [6.07, 6.45) is 3.04. The molecule has 0 heterocycles. The van der Waals surface area contributed by atoms with E-state index in [9.17, 15) is 9.59 Å². The average molecular weight is 315 g/mol. The molecule has 5 heteroatoms. The van der Waals surface area contributed by atoms with Crippen LogP contribution in [0, 0.1) is 0 Å². The highest BCUT2D eigenvalue weighted by atomic mass is 35.5. The van der Waals surface area contributed by atoms with E-state index in [1.807, 2.05) is 18.2 Å². The van der Waals surface area contributed by atoms with Gasteiger partial charge in [-0.25, -0.2) is 0 Å². The summed E-state index contributed by atoms with van der Waals surface area (Å²) >= 11 is 6.01. The van der Waals surface area contributed by atoms with Crippen LogP contribution in [0.2, 0.25) is 5.02 Å². The van der Waals surface area contributed by atoms with Crippen LogP contribution in [-0.4, -0.2) is 18.9 Å². The van der Waals surface area contributed by atoms with Gasteiger partial charge in [0.1, 0.15) is 0 Å². The fraction of sp³-hybridized carbons (Fsp3) is 0.0588. The highest BCUT2D eigenvalue weighted by Crippen LogP contribution is 2.16. The molecule has 2 rings (SSSR count). The molecule has 2 aromatic carbocycles. The lowest BCUT2D eigenvalue weighted by atomic mass is 10.2. The van der Waals surface area contributed by atoms with Crippen molar-refractivity contribution < 1.29 is 9.59 Å². The van der Waals surface area contributed by atoms with Crippen molar-refractivity contribution in [2.45, 2.75) is 0 Å². The molecule has 0 aliphatic carbocycles. The Labute approximate surface area is 133 Å². The van der Waals surface area contributed by atoms with Gasteiger partial charge in [-0.1, -0.05) is 35.9 Å². The maximum absolute atomic E-state index is 11.9. The molecule has 0 spiro atoms. The Hall–Kier alpha value is -2.59. The maximum atomic E-state index is 11.9. The monoisotopic (exact) mass is 314 g/mol. The minimum Gasteiger partial charge on any atom is -0.355 e. The number of amides is 2. The van der Waals surface area contributed by atoms with E-state index >= 15 is 0 Å². The van der Waals surface area contributed by atoms with Gasteiger partial charge in [-0.05, 0) is 35.9 Å². The van der Waals surface area contributed by atoms with Crippen molar-refractivity contribution >= 4 is 35.2 Å². The first-order valence-electron chi connectivity index (χ1n) is 6.66. The molecule has 0 bridgehead atoms. The number of carbonyl (C=O) groups is 2. The zero-order valence-electron chi connectivity index (χ0n) is 12.0. The van der Waals surface area contributed by atoms with Gasteiger partial charge in [0.15, 0.2) is 0 Å². The lowest BCUT2D eigenvalue weighted by molar-refractivity contribution is -0.111. The topological polar surface area (TPSA) is 58.2 Å². The Morgan fingerprint density at radius 3 is 2.59 bits per heavy atom. The second kappa shape index (κ2) is 7.43. The molecule has 0 fully saturated rings. The van der Waals surface area contributed by atoms with Gasteiger partial charge in [0.05, 0.1) is 0 Å². The van der Waals surface area contributed by atoms with Gasteiger partial charge in [0, 0.05) is 29.4 Å². The van der Waals surface area contributed by atoms with Gasteiger partial charge in [-0.2, -0.15) is 0 Å². The Kier molecular flexibility index (Phi) is 5.33. The van der Waals surface area contributed by atoms with Crippen LogP contribution in [0.15, 0.2) is 54.6 Å². The molecule has 0 aliphatic rings. The second-order valence-corrected chi connectivity index (χ2v) is 4.91. The fourth-order valence-electron chi connectivity index (χ4n) is 1.84. The molecule has 2 N–H and O–H groups in total. The van der Waals surface area contributed by atoms with Gasteiger partial charge in [-0.3, -0.25) is 9.59 Å². The van der Waals surface area contributed by atoms with Crippen LogP contribution in [-0.2, 0) is 4.79 Å². The van der Waals surface area contributed by atoms with Crippen molar-refractivity contribution in [3.8, 4) is 0 Å². The third-order valence-corrected chi connectivity index (χ3v) is 3.28. The van der Waals surface area contributed by atoms with Gasteiger partial charge in [0.25, 0.3) is 5.91 Å². The van der Waals surface area contributed by atoms with Crippen molar-refractivity contribution in [2.24, 2.45) is 0 Å². The molecule has 0 atom stereocenters. The van der Waals surface area contributed by atoms with Crippen molar-refractivity contribution in [3.63, 3.8) is 0 Å². The summed E-state index contributed by atoms with van der Waals surface area (Å²) in [5.74, 6) is -0.503. The third kappa shape index (κ3) is 4.20. The summed E-state index contributed by atoms with van der Waals surface area (Å²) in [6, 6.07) is 13.9. The molecule has 0 radical (unpaired) electrons. The highest BCUT2D eigenvalue weighted by molar-refractivity contribution is 6.32. The maximum Gasteiger partial charge on any atom is 0.251 e. The smallest absolute Gasteiger partial charge is 0.251 e. The number of nitrogens with one attached hydrogen (secondary N) is 2. The molecule has 2 amide bonds. The Balaban J connectivity index is 2.06. The number of halogens is 1. The molecule has 0 saturated heterocycles. The van der Waals surface area contributed by atoms with E-state index in [-0.39, 0.29) is 11.8 Å². The van der Waals surface area contributed by atoms with Crippen molar-refractivity contribution in [3.05, 3.63) is 70.8 Å². The van der Waals surface area contributed by atoms with E-state index in [2.05, 4.69) is 10.6 Å². The standard InChI is InChI=1S/C17H15ClN2O2/c1-19-17(22)13-6-4-7-14(11-13)20-16(21)10-9-12-5-2-3-8-15(12)18/h2-11H,1H3,(H,19,22)(H,20,21)/b10-9+. The first kappa shape index (κ1) is 15.8.